The Morgan fingerprint density at radius 1 is 1.37 bits per heavy atom. The van der Waals surface area contributed by atoms with Crippen molar-refractivity contribution >= 4 is 17.6 Å². The lowest BCUT2D eigenvalue weighted by molar-refractivity contribution is -0.129. The molecule has 1 aliphatic rings. The normalized spacial score (nSPS) is 18.9. The molecule has 2 rings (SSSR count). The number of hydrogen-bond donors (Lipinski definition) is 2. The third-order valence-corrected chi connectivity index (χ3v) is 3.22. The van der Waals surface area contributed by atoms with E-state index in [0.29, 0.717) is 24.3 Å². The van der Waals surface area contributed by atoms with E-state index in [1.165, 1.54) is 0 Å². The molecule has 1 heterocycles. The number of rotatable bonds is 3. The minimum absolute atomic E-state index is 0.131. The highest BCUT2D eigenvalue weighted by molar-refractivity contribution is 6.02. The van der Waals surface area contributed by atoms with E-state index < -0.39 is 12.1 Å². The second kappa shape index (κ2) is 5.84. The van der Waals surface area contributed by atoms with Crippen molar-refractivity contribution in [2.24, 2.45) is 0 Å². The van der Waals surface area contributed by atoms with Crippen LogP contribution in [0.2, 0.25) is 0 Å². The molecular weight excluding hydrogens is 246 g/mol. The van der Waals surface area contributed by atoms with Crippen LogP contribution in [0.25, 0.3) is 0 Å². The molecule has 1 aliphatic heterocycles. The molecule has 0 spiro atoms. The minimum Gasteiger partial charge on any atom is -0.478 e. The van der Waals surface area contributed by atoms with Crippen molar-refractivity contribution in [3.8, 4) is 0 Å². The highest BCUT2D eigenvalue weighted by Crippen LogP contribution is 2.21. The van der Waals surface area contributed by atoms with E-state index >= 15 is 0 Å². The summed E-state index contributed by atoms with van der Waals surface area (Å²) in [6, 6.07) is 5.02. The number of ether oxygens (including phenoxy) is 1. The van der Waals surface area contributed by atoms with Crippen LogP contribution in [-0.2, 0) is 9.53 Å². The molecule has 1 aromatic rings. The van der Waals surface area contributed by atoms with E-state index in [9.17, 15) is 14.7 Å². The number of benzene rings is 1. The van der Waals surface area contributed by atoms with Crippen molar-refractivity contribution in [3.05, 3.63) is 29.3 Å². The number of anilines is 1. The Labute approximate surface area is 111 Å². The SMILES string of the molecule is Cc1cccc(NC(=O)C2CCCCO2)c1C(=O)O. The summed E-state index contributed by atoms with van der Waals surface area (Å²) in [6.45, 7) is 2.29. The van der Waals surface area contributed by atoms with Crippen LogP contribution >= 0.6 is 0 Å². The van der Waals surface area contributed by atoms with E-state index in [4.69, 9.17) is 4.74 Å². The average molecular weight is 263 g/mol. The van der Waals surface area contributed by atoms with Crippen molar-refractivity contribution in [1.29, 1.82) is 0 Å². The van der Waals surface area contributed by atoms with Crippen LogP contribution in [0.3, 0.4) is 0 Å². The number of amides is 1. The van der Waals surface area contributed by atoms with Crippen molar-refractivity contribution in [2.75, 3.05) is 11.9 Å². The first-order chi connectivity index (χ1) is 9.09. The third kappa shape index (κ3) is 3.12. The maximum absolute atomic E-state index is 12.0. The monoisotopic (exact) mass is 263 g/mol. The molecule has 1 amide bonds. The first-order valence-corrected chi connectivity index (χ1v) is 6.35. The molecule has 2 N–H and O–H groups in total. The lowest BCUT2D eigenvalue weighted by atomic mass is 10.1. The average Bonchev–Trinajstić information content (AvgIpc) is 2.39. The fourth-order valence-electron chi connectivity index (χ4n) is 2.22. The van der Waals surface area contributed by atoms with Crippen LogP contribution in [-0.4, -0.2) is 29.7 Å². The Morgan fingerprint density at radius 3 is 2.79 bits per heavy atom. The van der Waals surface area contributed by atoms with Gasteiger partial charge in [0, 0.05) is 6.61 Å². The first-order valence-electron chi connectivity index (χ1n) is 6.35. The van der Waals surface area contributed by atoms with Gasteiger partial charge < -0.3 is 15.2 Å². The molecule has 1 atom stereocenters. The second-order valence-electron chi connectivity index (χ2n) is 4.65. The van der Waals surface area contributed by atoms with Gasteiger partial charge in [0.1, 0.15) is 6.10 Å². The number of carboxylic acids is 1. The largest absolute Gasteiger partial charge is 0.478 e. The molecule has 1 saturated heterocycles. The Balaban J connectivity index is 2.16. The van der Waals surface area contributed by atoms with Crippen LogP contribution in [0.4, 0.5) is 5.69 Å². The topological polar surface area (TPSA) is 75.6 Å². The lowest BCUT2D eigenvalue weighted by Gasteiger charge is -2.22. The van der Waals surface area contributed by atoms with Crippen LogP contribution in [0.1, 0.15) is 35.2 Å². The van der Waals surface area contributed by atoms with Crippen LogP contribution in [0, 0.1) is 6.92 Å². The van der Waals surface area contributed by atoms with Crippen LogP contribution in [0.5, 0.6) is 0 Å². The van der Waals surface area contributed by atoms with Crippen LogP contribution in [0.15, 0.2) is 18.2 Å². The van der Waals surface area contributed by atoms with Crippen molar-refractivity contribution in [1.82, 2.24) is 0 Å². The van der Waals surface area contributed by atoms with Gasteiger partial charge in [0.2, 0.25) is 0 Å². The summed E-state index contributed by atoms with van der Waals surface area (Å²) in [7, 11) is 0. The molecule has 0 aromatic heterocycles. The number of aromatic carboxylic acids is 1. The molecule has 102 valence electrons. The first kappa shape index (κ1) is 13.5. The fraction of sp³-hybridized carbons (Fsp3) is 0.429. The molecule has 0 aliphatic carbocycles. The Bertz CT molecular complexity index is 492. The Hall–Kier alpha value is -1.88. The van der Waals surface area contributed by atoms with Crippen molar-refractivity contribution in [3.63, 3.8) is 0 Å². The van der Waals surface area contributed by atoms with E-state index in [-0.39, 0.29) is 11.5 Å². The van der Waals surface area contributed by atoms with Gasteiger partial charge in [-0.3, -0.25) is 4.79 Å². The Kier molecular flexibility index (Phi) is 4.16. The number of nitrogens with one attached hydrogen (secondary N) is 1. The van der Waals surface area contributed by atoms with E-state index in [1.54, 1.807) is 25.1 Å². The maximum atomic E-state index is 12.0. The summed E-state index contributed by atoms with van der Waals surface area (Å²) < 4.78 is 5.38. The maximum Gasteiger partial charge on any atom is 0.338 e. The van der Waals surface area contributed by atoms with E-state index in [2.05, 4.69) is 5.32 Å². The molecule has 1 aromatic carbocycles. The second-order valence-corrected chi connectivity index (χ2v) is 4.65. The zero-order valence-electron chi connectivity index (χ0n) is 10.8. The van der Waals surface area contributed by atoms with Gasteiger partial charge in [-0.15, -0.1) is 0 Å². The lowest BCUT2D eigenvalue weighted by Crippen LogP contribution is -2.33. The predicted molar refractivity (Wildman–Crippen MR) is 70.4 cm³/mol. The molecule has 0 radical (unpaired) electrons. The van der Waals surface area contributed by atoms with Gasteiger partial charge in [-0.1, -0.05) is 12.1 Å². The molecule has 19 heavy (non-hydrogen) atoms. The molecule has 1 unspecified atom stereocenters. The summed E-state index contributed by atoms with van der Waals surface area (Å²) in [6.07, 6.45) is 2.13. The quantitative estimate of drug-likeness (QED) is 0.876. The van der Waals surface area contributed by atoms with E-state index in [1.807, 2.05) is 0 Å². The van der Waals surface area contributed by atoms with Gasteiger partial charge in [-0.2, -0.15) is 0 Å². The van der Waals surface area contributed by atoms with Gasteiger partial charge in [-0.05, 0) is 37.8 Å². The standard InChI is InChI=1S/C14H17NO4/c1-9-5-4-6-10(12(9)14(17)18)15-13(16)11-7-2-3-8-19-11/h4-6,11H,2-3,7-8H2,1H3,(H,15,16)(H,17,18). The smallest absolute Gasteiger partial charge is 0.338 e. The van der Waals surface area contributed by atoms with E-state index in [0.717, 1.165) is 12.8 Å². The Morgan fingerprint density at radius 2 is 2.16 bits per heavy atom. The molecule has 0 saturated carbocycles. The number of carbonyl (C=O) groups excluding carboxylic acids is 1. The highest BCUT2D eigenvalue weighted by Gasteiger charge is 2.23. The number of carboxylic acid groups (broad SMARTS) is 1. The van der Waals surface area contributed by atoms with Gasteiger partial charge >= 0.3 is 5.97 Å². The van der Waals surface area contributed by atoms with Crippen molar-refractivity contribution < 1.29 is 19.4 Å². The molecule has 0 bridgehead atoms. The summed E-state index contributed by atoms with van der Waals surface area (Å²) >= 11 is 0. The summed E-state index contributed by atoms with van der Waals surface area (Å²) in [5.74, 6) is -1.31. The zero-order valence-corrected chi connectivity index (χ0v) is 10.8. The molecule has 1 fully saturated rings. The zero-order chi connectivity index (χ0) is 13.8. The number of carbonyl (C=O) groups is 2. The summed E-state index contributed by atoms with van der Waals surface area (Å²) in [4.78, 5) is 23.2. The van der Waals surface area contributed by atoms with Gasteiger partial charge in [0.25, 0.3) is 5.91 Å². The summed E-state index contributed by atoms with van der Waals surface area (Å²) in [5, 5.41) is 11.8. The highest BCUT2D eigenvalue weighted by atomic mass is 16.5. The molecular formula is C14H17NO4. The van der Waals surface area contributed by atoms with Crippen molar-refractivity contribution in [2.45, 2.75) is 32.3 Å². The molecule has 5 heteroatoms. The van der Waals surface area contributed by atoms with Crippen LogP contribution < -0.4 is 5.32 Å². The number of aryl methyl sites for hydroxylation is 1. The number of hydrogen-bond acceptors (Lipinski definition) is 3. The summed E-state index contributed by atoms with van der Waals surface area (Å²) in [5.41, 5.74) is 1.08. The predicted octanol–water partition coefficient (Wildman–Crippen LogP) is 2.20. The third-order valence-electron chi connectivity index (χ3n) is 3.22. The van der Waals surface area contributed by atoms with Gasteiger partial charge in [-0.25, -0.2) is 4.79 Å². The molecule has 5 nitrogen and oxygen atoms in total. The van der Waals surface area contributed by atoms with Gasteiger partial charge in [0.05, 0.1) is 11.3 Å². The fourth-order valence-corrected chi connectivity index (χ4v) is 2.22. The minimum atomic E-state index is -1.04. The van der Waals surface area contributed by atoms with Gasteiger partial charge in [0.15, 0.2) is 0 Å².